The minimum atomic E-state index is -0.169. The number of halogens is 1. The second kappa shape index (κ2) is 10.0. The first-order valence-electron chi connectivity index (χ1n) is 12.0. The summed E-state index contributed by atoms with van der Waals surface area (Å²) >= 11 is 8.77. The van der Waals surface area contributed by atoms with Crippen LogP contribution in [0.3, 0.4) is 0 Å². The summed E-state index contributed by atoms with van der Waals surface area (Å²) < 4.78 is 16.8. The fourth-order valence-corrected chi connectivity index (χ4v) is 7.11. The highest BCUT2D eigenvalue weighted by Crippen LogP contribution is 2.44. The van der Waals surface area contributed by atoms with Crippen molar-refractivity contribution in [1.82, 2.24) is 15.0 Å². The van der Waals surface area contributed by atoms with E-state index in [1.54, 1.807) is 12.4 Å². The fraction of sp³-hybridized carbons (Fsp3) is 0.625. The first kappa shape index (κ1) is 25.1. The van der Waals surface area contributed by atoms with Crippen molar-refractivity contribution in [2.75, 3.05) is 48.3 Å². The molecule has 0 aromatic carbocycles. The number of anilines is 2. The van der Waals surface area contributed by atoms with E-state index < -0.39 is 0 Å². The summed E-state index contributed by atoms with van der Waals surface area (Å²) in [6.07, 6.45) is 7.10. The fourth-order valence-electron chi connectivity index (χ4n) is 5.50. The maximum atomic E-state index is 11.0. The Balaban J connectivity index is 1.28. The van der Waals surface area contributed by atoms with Crippen molar-refractivity contribution in [2.24, 2.45) is 10.8 Å². The molecule has 3 aliphatic heterocycles. The van der Waals surface area contributed by atoms with Crippen LogP contribution in [0.5, 0.6) is 0 Å². The molecule has 0 amide bonds. The van der Waals surface area contributed by atoms with Gasteiger partial charge in [0.1, 0.15) is 16.5 Å². The first-order chi connectivity index (χ1) is 16.8. The van der Waals surface area contributed by atoms with Crippen LogP contribution in [0.4, 0.5) is 11.6 Å². The van der Waals surface area contributed by atoms with Crippen LogP contribution in [0.15, 0.2) is 28.4 Å². The van der Waals surface area contributed by atoms with Gasteiger partial charge in [0.15, 0.2) is 5.82 Å². The Morgan fingerprint density at radius 2 is 2.03 bits per heavy atom. The summed E-state index contributed by atoms with van der Waals surface area (Å²) in [5, 5.41) is 11.3. The molecule has 2 aromatic heterocycles. The average Bonchev–Trinajstić information content (AvgIpc) is 3.19. The number of ether oxygens (including phenoxy) is 1. The van der Waals surface area contributed by atoms with Gasteiger partial charge in [-0.15, -0.1) is 0 Å². The first-order valence-corrected chi connectivity index (χ1v) is 14.1. The van der Waals surface area contributed by atoms with Crippen LogP contribution in [-0.2, 0) is 27.2 Å². The van der Waals surface area contributed by atoms with Gasteiger partial charge in [0.05, 0.1) is 36.0 Å². The standard InChI is InChI=1S/C24H31ClN5O3S2/c1-16-9-24(14-33-16)4-7-29(8-5-24)21-17(11-31)28-19(10-27-21)35-18-3-6-26-22(20(18)25)30-12-23(2,13-30)15-34-32/h3,6,10,16,31H,4-5,7-9,11-15H2,1-2H3/q+1/t16-/m0/s1. The molecule has 8 nitrogen and oxygen atoms in total. The highest BCUT2D eigenvalue weighted by molar-refractivity contribution is 7.99. The molecule has 188 valence electrons. The molecule has 35 heavy (non-hydrogen) atoms. The van der Waals surface area contributed by atoms with E-state index in [1.807, 2.05) is 6.07 Å². The summed E-state index contributed by atoms with van der Waals surface area (Å²) in [7, 11) is 0. The van der Waals surface area contributed by atoms with Gasteiger partial charge < -0.3 is 19.6 Å². The molecule has 3 fully saturated rings. The van der Waals surface area contributed by atoms with Gasteiger partial charge in [-0.05, 0) is 37.7 Å². The second-order valence-electron chi connectivity index (χ2n) is 10.4. The van der Waals surface area contributed by atoms with E-state index in [4.69, 9.17) is 26.3 Å². The SMILES string of the molecule is C[C@H]1CC2(CCN(c3ncc(Sc4ccnc(N5CC(C)(C[S+]=O)C5)c4Cl)nc3CO)CC2)CO1. The van der Waals surface area contributed by atoms with Crippen molar-refractivity contribution in [3.05, 3.63) is 29.2 Å². The maximum absolute atomic E-state index is 11.0. The second-order valence-corrected chi connectivity index (χ2v) is 12.4. The van der Waals surface area contributed by atoms with E-state index in [2.05, 4.69) is 28.6 Å². The van der Waals surface area contributed by atoms with E-state index in [0.29, 0.717) is 39.3 Å². The highest BCUT2D eigenvalue weighted by Gasteiger charge is 2.45. The van der Waals surface area contributed by atoms with Gasteiger partial charge in [0.25, 0.3) is 0 Å². The van der Waals surface area contributed by atoms with Gasteiger partial charge >= 0.3 is 11.7 Å². The molecule has 3 aliphatic rings. The number of pyridine rings is 1. The molecule has 1 spiro atoms. The number of hydrogen-bond acceptors (Lipinski definition) is 9. The summed E-state index contributed by atoms with van der Waals surface area (Å²) in [6.45, 7) is 8.24. The van der Waals surface area contributed by atoms with Crippen molar-refractivity contribution in [3.63, 3.8) is 0 Å². The molecule has 3 saturated heterocycles. The van der Waals surface area contributed by atoms with Crippen LogP contribution in [0, 0.1) is 10.8 Å². The quantitative estimate of drug-likeness (QED) is 0.530. The Labute approximate surface area is 219 Å². The summed E-state index contributed by atoms with van der Waals surface area (Å²) in [5.74, 6) is 2.06. The molecule has 11 heteroatoms. The average molecular weight is 537 g/mol. The summed E-state index contributed by atoms with van der Waals surface area (Å²) in [6, 6.07) is 1.87. The van der Waals surface area contributed by atoms with Gasteiger partial charge in [-0.1, -0.05) is 30.3 Å². The number of rotatable bonds is 7. The highest BCUT2D eigenvalue weighted by atomic mass is 35.5. The monoisotopic (exact) mass is 536 g/mol. The van der Waals surface area contributed by atoms with E-state index in [1.165, 1.54) is 11.8 Å². The summed E-state index contributed by atoms with van der Waals surface area (Å²) in [4.78, 5) is 19.1. The molecule has 0 aliphatic carbocycles. The van der Waals surface area contributed by atoms with Gasteiger partial charge in [-0.2, -0.15) is 0 Å². The third-order valence-corrected chi connectivity index (χ3v) is 9.64. The van der Waals surface area contributed by atoms with Crippen molar-refractivity contribution in [2.45, 2.75) is 55.7 Å². The Hall–Kier alpha value is -1.59. The van der Waals surface area contributed by atoms with Gasteiger partial charge in [-0.3, -0.25) is 0 Å². The van der Waals surface area contributed by atoms with Gasteiger partial charge in [-0.25, -0.2) is 15.0 Å². The minimum absolute atomic E-state index is 0.00492. The lowest BCUT2D eigenvalue weighted by Gasteiger charge is -2.45. The molecular weight excluding hydrogens is 506 g/mol. The minimum Gasteiger partial charge on any atom is -0.390 e. The summed E-state index contributed by atoms with van der Waals surface area (Å²) in [5.41, 5.74) is 0.867. The molecule has 0 bridgehead atoms. The van der Waals surface area contributed by atoms with Crippen molar-refractivity contribution < 1.29 is 14.1 Å². The van der Waals surface area contributed by atoms with Crippen LogP contribution < -0.4 is 9.80 Å². The van der Waals surface area contributed by atoms with Crippen molar-refractivity contribution in [1.29, 1.82) is 0 Å². The number of aromatic nitrogens is 3. The lowest BCUT2D eigenvalue weighted by molar-refractivity contribution is 0.0975. The number of piperidine rings is 1. The molecule has 5 heterocycles. The van der Waals surface area contributed by atoms with E-state index in [-0.39, 0.29) is 17.4 Å². The zero-order valence-corrected chi connectivity index (χ0v) is 22.5. The molecule has 1 atom stereocenters. The predicted octanol–water partition coefficient (Wildman–Crippen LogP) is 3.82. The molecule has 0 radical (unpaired) electrons. The Kier molecular flexibility index (Phi) is 7.20. The third kappa shape index (κ3) is 5.13. The smallest absolute Gasteiger partial charge is 0.390 e. The van der Waals surface area contributed by atoms with Crippen LogP contribution in [-0.4, -0.2) is 64.7 Å². The predicted molar refractivity (Wildman–Crippen MR) is 138 cm³/mol. The third-order valence-electron chi connectivity index (χ3n) is 7.37. The number of aliphatic hydroxyl groups is 1. The van der Waals surface area contributed by atoms with Gasteiger partial charge in [0, 0.05) is 41.5 Å². The normalized spacial score (nSPS) is 22.9. The molecule has 0 unspecified atom stereocenters. The topological polar surface area (TPSA) is 91.7 Å². The zero-order valence-electron chi connectivity index (χ0n) is 20.1. The Bertz CT molecular complexity index is 1090. The largest absolute Gasteiger partial charge is 0.459 e. The number of nitrogens with zero attached hydrogens (tertiary/aromatic N) is 5. The molecule has 2 aromatic rings. The maximum Gasteiger partial charge on any atom is 0.459 e. The molecule has 5 rings (SSSR count). The van der Waals surface area contributed by atoms with Crippen LogP contribution in [0.25, 0.3) is 0 Å². The number of aliphatic hydroxyl groups excluding tert-OH is 1. The van der Waals surface area contributed by atoms with Crippen molar-refractivity contribution >= 4 is 46.7 Å². The Morgan fingerprint density at radius 3 is 2.69 bits per heavy atom. The molecule has 0 saturated carbocycles. The molecule has 1 N–H and O–H groups in total. The van der Waals surface area contributed by atoms with Crippen LogP contribution in [0.1, 0.15) is 38.8 Å². The van der Waals surface area contributed by atoms with E-state index in [9.17, 15) is 9.32 Å². The zero-order chi connectivity index (χ0) is 24.6. The lowest BCUT2D eigenvalue weighted by atomic mass is 9.77. The van der Waals surface area contributed by atoms with E-state index in [0.717, 1.165) is 68.6 Å². The molecular formula is C24H31ClN5O3S2+. The van der Waals surface area contributed by atoms with Gasteiger partial charge in [0.2, 0.25) is 5.75 Å². The Morgan fingerprint density at radius 1 is 1.26 bits per heavy atom. The van der Waals surface area contributed by atoms with Crippen LogP contribution >= 0.6 is 23.4 Å². The van der Waals surface area contributed by atoms with Crippen molar-refractivity contribution in [3.8, 4) is 0 Å². The number of hydrogen-bond donors (Lipinski definition) is 1. The van der Waals surface area contributed by atoms with Crippen LogP contribution in [0.2, 0.25) is 5.02 Å². The lowest BCUT2D eigenvalue weighted by Crippen LogP contribution is -2.57. The van der Waals surface area contributed by atoms with E-state index >= 15 is 0 Å².